The number of ether oxygens (including phenoxy) is 1. The normalized spacial score (nSPS) is 27.4. The second-order valence-corrected chi connectivity index (χ2v) is 4.80. The highest BCUT2D eigenvalue weighted by atomic mass is 16.5. The molecule has 19 heavy (non-hydrogen) atoms. The number of carboxylic acid groups (broad SMARTS) is 1. The van der Waals surface area contributed by atoms with Gasteiger partial charge in [0.25, 0.3) is 0 Å². The first-order valence-corrected chi connectivity index (χ1v) is 6.15. The summed E-state index contributed by atoms with van der Waals surface area (Å²) in [4.78, 5) is 11.4. The third kappa shape index (κ3) is 1.62. The molecule has 3 aliphatic rings. The van der Waals surface area contributed by atoms with Gasteiger partial charge in [-0.2, -0.15) is 0 Å². The smallest absolute Gasteiger partial charge is 0.335 e. The number of hydrogen-bond donors (Lipinski definition) is 1. The number of rotatable bonds is 2. The molecule has 96 valence electrons. The van der Waals surface area contributed by atoms with Crippen LogP contribution < -0.4 is 0 Å². The summed E-state index contributed by atoms with van der Waals surface area (Å²) in [6, 6.07) is 0. The van der Waals surface area contributed by atoms with Crippen LogP contribution >= 0.6 is 0 Å². The van der Waals surface area contributed by atoms with Gasteiger partial charge in [-0.25, -0.2) is 4.79 Å². The molecule has 1 spiro atoms. The summed E-state index contributed by atoms with van der Waals surface area (Å²) in [6.45, 7) is 0. The van der Waals surface area contributed by atoms with Crippen LogP contribution in [0.1, 0.15) is 6.42 Å². The first-order chi connectivity index (χ1) is 9.17. The Balaban J connectivity index is 2.18. The minimum atomic E-state index is -0.918. The Labute approximate surface area is 111 Å². The van der Waals surface area contributed by atoms with Gasteiger partial charge in [0.15, 0.2) is 0 Å². The molecule has 3 aliphatic carbocycles. The average molecular weight is 254 g/mol. The lowest BCUT2D eigenvalue weighted by atomic mass is 9.63. The lowest BCUT2D eigenvalue weighted by Crippen LogP contribution is -2.30. The Hall–Kier alpha value is -2.29. The highest BCUT2D eigenvalue weighted by Crippen LogP contribution is 2.50. The summed E-state index contributed by atoms with van der Waals surface area (Å²) < 4.78 is 5.22. The van der Waals surface area contributed by atoms with Crippen LogP contribution in [0.15, 0.2) is 71.1 Å². The van der Waals surface area contributed by atoms with Crippen LogP contribution in [-0.4, -0.2) is 18.2 Å². The van der Waals surface area contributed by atoms with Crippen molar-refractivity contribution in [2.45, 2.75) is 6.42 Å². The predicted molar refractivity (Wildman–Crippen MR) is 72.3 cm³/mol. The fraction of sp³-hybridized carbons (Fsp3) is 0.188. The van der Waals surface area contributed by atoms with Gasteiger partial charge in [0.05, 0.1) is 12.7 Å². The summed E-state index contributed by atoms with van der Waals surface area (Å²) in [6.07, 6.45) is 16.4. The molecule has 3 rings (SSSR count). The van der Waals surface area contributed by atoms with Crippen LogP contribution in [0.5, 0.6) is 0 Å². The van der Waals surface area contributed by atoms with E-state index in [1.54, 1.807) is 0 Å². The molecule has 0 saturated carbocycles. The van der Waals surface area contributed by atoms with Gasteiger partial charge < -0.3 is 9.84 Å². The molecule has 0 aromatic heterocycles. The van der Waals surface area contributed by atoms with E-state index in [2.05, 4.69) is 6.08 Å². The van der Waals surface area contributed by atoms with E-state index < -0.39 is 5.97 Å². The first-order valence-electron chi connectivity index (χ1n) is 6.15. The minimum absolute atomic E-state index is 0.326. The number of methoxy groups -OCH3 is 1. The molecule has 0 fully saturated rings. The van der Waals surface area contributed by atoms with Gasteiger partial charge in [-0.05, 0) is 17.2 Å². The molecule has 3 heteroatoms. The minimum Gasteiger partial charge on any atom is -0.496 e. The molecule has 1 atom stereocenters. The van der Waals surface area contributed by atoms with Crippen molar-refractivity contribution in [1.29, 1.82) is 0 Å². The lowest BCUT2D eigenvalue weighted by molar-refractivity contribution is -0.133. The van der Waals surface area contributed by atoms with Gasteiger partial charge in [-0.3, -0.25) is 0 Å². The SMILES string of the molecule is COC1=C(C(=O)O)CC23C=CC=CC2=CC=CC3=C1. The molecular formula is C16H14O3. The zero-order valence-corrected chi connectivity index (χ0v) is 10.6. The van der Waals surface area contributed by atoms with Gasteiger partial charge in [-0.1, -0.05) is 42.5 Å². The third-order valence-electron chi connectivity index (χ3n) is 3.87. The quantitative estimate of drug-likeness (QED) is 0.824. The Bertz CT molecular complexity index is 626. The molecule has 0 aromatic carbocycles. The van der Waals surface area contributed by atoms with Crippen LogP contribution in [0.2, 0.25) is 0 Å². The molecule has 3 nitrogen and oxygen atoms in total. The Morgan fingerprint density at radius 1 is 1.26 bits per heavy atom. The summed E-state index contributed by atoms with van der Waals surface area (Å²) >= 11 is 0. The Morgan fingerprint density at radius 2 is 2.05 bits per heavy atom. The van der Waals surface area contributed by atoms with E-state index in [0.717, 1.165) is 11.1 Å². The zero-order valence-electron chi connectivity index (χ0n) is 10.6. The van der Waals surface area contributed by atoms with Gasteiger partial charge in [-0.15, -0.1) is 0 Å². The Morgan fingerprint density at radius 3 is 2.79 bits per heavy atom. The second kappa shape index (κ2) is 4.12. The largest absolute Gasteiger partial charge is 0.496 e. The molecule has 0 amide bonds. The Kier molecular flexibility index (Phi) is 2.56. The summed E-state index contributed by atoms with van der Waals surface area (Å²) in [5.41, 5.74) is 2.18. The molecular weight excluding hydrogens is 240 g/mol. The van der Waals surface area contributed by atoms with Crippen molar-refractivity contribution in [3.63, 3.8) is 0 Å². The van der Waals surface area contributed by atoms with Gasteiger partial charge >= 0.3 is 5.97 Å². The van der Waals surface area contributed by atoms with E-state index in [-0.39, 0.29) is 5.41 Å². The molecule has 1 N–H and O–H groups in total. The maximum absolute atomic E-state index is 11.4. The topological polar surface area (TPSA) is 46.5 Å². The molecule has 0 aliphatic heterocycles. The summed E-state index contributed by atoms with van der Waals surface area (Å²) in [5.74, 6) is -0.472. The van der Waals surface area contributed by atoms with Crippen LogP contribution in [0.4, 0.5) is 0 Å². The van der Waals surface area contributed by atoms with Crippen molar-refractivity contribution in [3.05, 3.63) is 71.1 Å². The molecule has 0 heterocycles. The van der Waals surface area contributed by atoms with Crippen LogP contribution in [0.25, 0.3) is 0 Å². The van der Waals surface area contributed by atoms with Gasteiger partial charge in [0.2, 0.25) is 0 Å². The monoisotopic (exact) mass is 254 g/mol. The first kappa shape index (κ1) is 11.8. The van der Waals surface area contributed by atoms with E-state index in [0.29, 0.717) is 17.8 Å². The van der Waals surface area contributed by atoms with Crippen molar-refractivity contribution in [2.75, 3.05) is 7.11 Å². The van der Waals surface area contributed by atoms with Crippen molar-refractivity contribution >= 4 is 5.97 Å². The molecule has 0 radical (unpaired) electrons. The zero-order chi connectivity index (χ0) is 13.5. The average Bonchev–Trinajstić information content (AvgIpc) is 2.43. The van der Waals surface area contributed by atoms with Crippen molar-refractivity contribution in [3.8, 4) is 0 Å². The lowest BCUT2D eigenvalue weighted by Gasteiger charge is -2.39. The highest BCUT2D eigenvalue weighted by Gasteiger charge is 2.41. The number of allylic oxidation sites excluding steroid dienone is 10. The molecule has 1 unspecified atom stereocenters. The third-order valence-corrected chi connectivity index (χ3v) is 3.87. The van der Waals surface area contributed by atoms with E-state index in [9.17, 15) is 9.90 Å². The maximum Gasteiger partial charge on any atom is 0.335 e. The second-order valence-electron chi connectivity index (χ2n) is 4.80. The fourth-order valence-electron chi connectivity index (χ4n) is 2.89. The standard InChI is InChI=1S/C16H14O3/c1-19-14-9-12-7-4-6-11-5-2-3-8-16(11,12)10-13(14)15(17)18/h2-9H,10H2,1H3,(H,17,18). The summed E-state index contributed by atoms with van der Waals surface area (Å²) in [7, 11) is 1.51. The van der Waals surface area contributed by atoms with Gasteiger partial charge in [0.1, 0.15) is 5.76 Å². The van der Waals surface area contributed by atoms with Crippen LogP contribution in [0, 0.1) is 5.41 Å². The van der Waals surface area contributed by atoms with E-state index in [4.69, 9.17) is 4.74 Å². The molecule has 0 saturated heterocycles. The van der Waals surface area contributed by atoms with Crippen molar-refractivity contribution in [2.24, 2.45) is 5.41 Å². The fourth-order valence-corrected chi connectivity index (χ4v) is 2.89. The number of carboxylic acids is 1. The van der Waals surface area contributed by atoms with Gasteiger partial charge in [0, 0.05) is 11.8 Å². The van der Waals surface area contributed by atoms with Crippen LogP contribution in [0.3, 0.4) is 0 Å². The number of aliphatic carboxylic acids is 1. The highest BCUT2D eigenvalue weighted by molar-refractivity contribution is 5.89. The maximum atomic E-state index is 11.4. The van der Waals surface area contributed by atoms with E-state index >= 15 is 0 Å². The van der Waals surface area contributed by atoms with Crippen molar-refractivity contribution < 1.29 is 14.6 Å². The number of carbonyl (C=O) groups is 1. The predicted octanol–water partition coefficient (Wildman–Crippen LogP) is 2.91. The number of hydrogen-bond acceptors (Lipinski definition) is 2. The molecule has 0 aromatic rings. The molecule has 0 bridgehead atoms. The van der Waals surface area contributed by atoms with Crippen molar-refractivity contribution in [1.82, 2.24) is 0 Å². The van der Waals surface area contributed by atoms with Crippen LogP contribution in [-0.2, 0) is 9.53 Å². The summed E-state index contributed by atoms with van der Waals surface area (Å²) in [5, 5.41) is 9.37. The van der Waals surface area contributed by atoms with E-state index in [1.807, 2.05) is 42.5 Å². The van der Waals surface area contributed by atoms with E-state index in [1.165, 1.54) is 7.11 Å².